The molecule has 1 amide bonds. The normalized spacial score (nSPS) is 13.8. The maximum Gasteiger partial charge on any atom is 1.00 e. The molecule has 35 heavy (non-hydrogen) atoms. The summed E-state index contributed by atoms with van der Waals surface area (Å²) in [6, 6.07) is 14.8. The summed E-state index contributed by atoms with van der Waals surface area (Å²) < 4.78 is 29.8. The Labute approximate surface area is 225 Å². The van der Waals surface area contributed by atoms with E-state index in [0.717, 1.165) is 11.2 Å². The monoisotopic (exact) mass is 496 g/mol. The van der Waals surface area contributed by atoms with E-state index >= 15 is 0 Å². The van der Waals surface area contributed by atoms with E-state index in [0.29, 0.717) is 37.3 Å². The van der Waals surface area contributed by atoms with Gasteiger partial charge in [0.05, 0.1) is 16.6 Å². The maximum atomic E-state index is 12.9. The van der Waals surface area contributed by atoms with E-state index in [1.54, 1.807) is 78.2 Å². The average Bonchev–Trinajstić information content (AvgIpc) is 2.89. The number of hydrogen-bond acceptors (Lipinski definition) is 7. The van der Waals surface area contributed by atoms with Gasteiger partial charge in [-0.25, -0.2) is 13.4 Å². The minimum atomic E-state index is -3.98. The number of para-hydroxylation sites is 1. The fourth-order valence-electron chi connectivity index (χ4n) is 3.91. The summed E-state index contributed by atoms with van der Waals surface area (Å²) in [6.45, 7) is 2.44. The molecule has 11 heteroatoms. The van der Waals surface area contributed by atoms with Crippen LogP contribution in [0.4, 0.5) is 11.5 Å². The van der Waals surface area contributed by atoms with Crippen LogP contribution >= 0.6 is 0 Å². The Bertz CT molecular complexity index is 1420. The van der Waals surface area contributed by atoms with Crippen LogP contribution in [0.2, 0.25) is 0 Å². The molecule has 0 radical (unpaired) electrons. The van der Waals surface area contributed by atoms with E-state index < -0.39 is 10.0 Å². The van der Waals surface area contributed by atoms with Crippen molar-refractivity contribution < 1.29 is 42.8 Å². The number of pyridine rings is 1. The first-order valence-electron chi connectivity index (χ1n) is 10.7. The van der Waals surface area contributed by atoms with Crippen molar-refractivity contribution in [3.63, 3.8) is 0 Å². The number of carbonyl (C=O) groups excluding carboxylic acids is 1. The second-order valence-electron chi connectivity index (χ2n) is 7.79. The van der Waals surface area contributed by atoms with Gasteiger partial charge in [0.2, 0.25) is 0 Å². The molecular weight excluding hydrogens is 475 g/mol. The molecule has 0 atom stereocenters. The van der Waals surface area contributed by atoms with Crippen LogP contribution in [0.1, 0.15) is 10.4 Å². The molecule has 1 aliphatic heterocycles. The molecule has 0 bridgehead atoms. The minimum absolute atomic E-state index is 0. The van der Waals surface area contributed by atoms with Crippen LogP contribution in [0.25, 0.3) is 15.6 Å². The Balaban J connectivity index is 0.00000289. The standard InChI is InChI=1S/C24H22N6O3S.Na/c31-24(30-15-13-29(14-16-30)22-17-25-11-12-26-22)19-6-8-20(9-7-19)28-34(32,33)21-5-1-3-18-4-2-10-27-23(18)21;/h1-12,17H,13-16H2,(H,28,31);/q;+1/p-1. The van der Waals surface area contributed by atoms with Crippen molar-refractivity contribution >= 4 is 38.3 Å². The fraction of sp³-hybridized carbons (Fsp3) is 0.167. The third-order valence-electron chi connectivity index (χ3n) is 5.65. The van der Waals surface area contributed by atoms with Crippen LogP contribution < -0.4 is 34.5 Å². The Morgan fingerprint density at radius 3 is 2.31 bits per heavy atom. The van der Waals surface area contributed by atoms with E-state index in [2.05, 4.69) is 24.6 Å². The van der Waals surface area contributed by atoms with Gasteiger partial charge in [-0.2, -0.15) is 0 Å². The number of aromatic nitrogens is 3. The van der Waals surface area contributed by atoms with Gasteiger partial charge in [-0.15, -0.1) is 5.69 Å². The summed E-state index contributed by atoms with van der Waals surface area (Å²) in [6.07, 6.45) is 6.54. The third kappa shape index (κ3) is 5.46. The number of carbonyl (C=O) groups is 1. The number of fused-ring (bicyclic) bond motifs is 1. The van der Waals surface area contributed by atoms with Crippen molar-refractivity contribution in [2.75, 3.05) is 31.1 Å². The van der Waals surface area contributed by atoms with Gasteiger partial charge in [0.1, 0.15) is 15.8 Å². The van der Waals surface area contributed by atoms with Gasteiger partial charge in [0.15, 0.2) is 0 Å². The number of sulfonamides is 1. The molecule has 1 aliphatic rings. The molecule has 5 rings (SSSR count). The number of nitrogens with zero attached hydrogens (tertiary/aromatic N) is 6. The summed E-state index contributed by atoms with van der Waals surface area (Å²) in [4.78, 5) is 29.4. The predicted octanol–water partition coefficient (Wildman–Crippen LogP) is 0.385. The van der Waals surface area contributed by atoms with Crippen molar-refractivity contribution in [1.29, 1.82) is 0 Å². The molecule has 9 nitrogen and oxygen atoms in total. The summed E-state index contributed by atoms with van der Waals surface area (Å²) >= 11 is 0. The van der Waals surface area contributed by atoms with E-state index in [1.165, 1.54) is 6.07 Å². The molecule has 3 heterocycles. The average molecular weight is 497 g/mol. The van der Waals surface area contributed by atoms with Gasteiger partial charge in [0, 0.05) is 55.7 Å². The molecule has 0 unspecified atom stereocenters. The van der Waals surface area contributed by atoms with Gasteiger partial charge in [-0.1, -0.05) is 42.5 Å². The number of rotatable bonds is 5. The Morgan fingerprint density at radius 1 is 0.857 bits per heavy atom. The summed E-state index contributed by atoms with van der Waals surface area (Å²) in [5.74, 6) is 0.689. The molecule has 0 saturated carbocycles. The first-order chi connectivity index (χ1) is 16.5. The van der Waals surface area contributed by atoms with Crippen LogP contribution in [0.15, 0.2) is 84.3 Å². The van der Waals surface area contributed by atoms with Crippen molar-refractivity contribution in [1.82, 2.24) is 19.9 Å². The Morgan fingerprint density at radius 2 is 1.60 bits per heavy atom. The summed E-state index contributed by atoms with van der Waals surface area (Å²) in [5, 5.41) is 0.721. The molecule has 1 fully saturated rings. The molecule has 2 aromatic carbocycles. The first kappa shape index (κ1) is 25.1. The Kier molecular flexibility index (Phi) is 7.66. The predicted molar refractivity (Wildman–Crippen MR) is 129 cm³/mol. The van der Waals surface area contributed by atoms with Gasteiger partial charge in [0.25, 0.3) is 5.91 Å². The second-order valence-corrected chi connectivity index (χ2v) is 9.36. The number of anilines is 1. The smallest absolute Gasteiger partial charge is 0.573 e. The second kappa shape index (κ2) is 10.7. The van der Waals surface area contributed by atoms with E-state index in [9.17, 15) is 13.2 Å². The van der Waals surface area contributed by atoms with Crippen LogP contribution in [-0.2, 0) is 10.0 Å². The molecule has 2 aromatic heterocycles. The SMILES string of the molecule is O=C(c1ccc([N-]S(=O)(=O)c2cccc3cccnc23)cc1)N1CCN(c2cnccn2)CC1.[Na+]. The largest absolute Gasteiger partial charge is 1.00 e. The van der Waals surface area contributed by atoms with Gasteiger partial charge < -0.3 is 14.5 Å². The van der Waals surface area contributed by atoms with Crippen molar-refractivity contribution in [2.45, 2.75) is 4.90 Å². The van der Waals surface area contributed by atoms with Crippen LogP contribution in [0, 0.1) is 0 Å². The van der Waals surface area contributed by atoms with Gasteiger partial charge in [-0.3, -0.25) is 14.8 Å². The zero-order valence-corrected chi connectivity index (χ0v) is 22.0. The maximum absolute atomic E-state index is 12.9. The quantitative estimate of drug-likeness (QED) is 0.368. The number of amides is 1. The van der Waals surface area contributed by atoms with Crippen molar-refractivity contribution in [3.05, 3.63) is 89.7 Å². The molecule has 1 saturated heterocycles. The fourth-order valence-corrected chi connectivity index (χ4v) is 5.08. The molecule has 4 aromatic rings. The van der Waals surface area contributed by atoms with Crippen molar-refractivity contribution in [2.24, 2.45) is 0 Å². The zero-order chi connectivity index (χ0) is 23.5. The van der Waals surface area contributed by atoms with Crippen LogP contribution in [0.5, 0.6) is 0 Å². The summed E-state index contributed by atoms with van der Waals surface area (Å²) in [7, 11) is -3.98. The Hall–Kier alpha value is -3.05. The topological polar surface area (TPSA) is 110 Å². The zero-order valence-electron chi connectivity index (χ0n) is 19.2. The molecule has 172 valence electrons. The van der Waals surface area contributed by atoms with E-state index in [4.69, 9.17) is 0 Å². The molecule has 0 aliphatic carbocycles. The first-order valence-corrected chi connectivity index (χ1v) is 12.2. The molecule has 0 spiro atoms. The minimum Gasteiger partial charge on any atom is -0.573 e. The van der Waals surface area contributed by atoms with Crippen molar-refractivity contribution in [3.8, 4) is 0 Å². The van der Waals surface area contributed by atoms with Crippen LogP contribution in [0.3, 0.4) is 0 Å². The molecule has 0 N–H and O–H groups in total. The summed E-state index contributed by atoms with van der Waals surface area (Å²) in [5.41, 5.74) is 1.11. The van der Waals surface area contributed by atoms with Gasteiger partial charge >= 0.3 is 29.6 Å². The van der Waals surface area contributed by atoms with Crippen LogP contribution in [-0.4, -0.2) is 60.4 Å². The number of piperazine rings is 1. The van der Waals surface area contributed by atoms with E-state index in [1.807, 2.05) is 0 Å². The van der Waals surface area contributed by atoms with E-state index in [-0.39, 0.29) is 46.0 Å². The number of hydrogen-bond donors (Lipinski definition) is 0. The number of benzene rings is 2. The third-order valence-corrected chi connectivity index (χ3v) is 6.99. The van der Waals surface area contributed by atoms with Gasteiger partial charge in [-0.05, 0) is 12.1 Å². The molecular formula is C24H21N6NaO3S.